The molecular weight excluding hydrogens is 546 g/mol. The Balaban J connectivity index is 0.000000216. The van der Waals surface area contributed by atoms with Crippen molar-refractivity contribution in [2.75, 3.05) is 6.26 Å². The van der Waals surface area contributed by atoms with E-state index in [0.29, 0.717) is 17.0 Å². The maximum absolute atomic E-state index is 12.7. The van der Waals surface area contributed by atoms with E-state index in [2.05, 4.69) is 0 Å². The molecule has 39 heavy (non-hydrogen) atoms. The monoisotopic (exact) mass is 572 g/mol. The summed E-state index contributed by atoms with van der Waals surface area (Å²) in [4.78, 5) is 23.9. The van der Waals surface area contributed by atoms with E-state index in [1.807, 2.05) is 64.8 Å². The maximum atomic E-state index is 12.7. The molecule has 4 aromatic rings. The van der Waals surface area contributed by atoms with Crippen molar-refractivity contribution in [3.8, 4) is 0 Å². The molecule has 2 heterocycles. The lowest BCUT2D eigenvalue weighted by molar-refractivity contribution is -0.142. The van der Waals surface area contributed by atoms with Crippen LogP contribution in [0, 0.1) is 0 Å². The van der Waals surface area contributed by atoms with Crippen LogP contribution in [0.4, 0.5) is 26.3 Å². The van der Waals surface area contributed by atoms with Crippen LogP contribution < -0.4 is 11.1 Å². The summed E-state index contributed by atoms with van der Waals surface area (Å²) in [6.45, 7) is 4.07. The van der Waals surface area contributed by atoms with Crippen LogP contribution in [0.1, 0.15) is 59.0 Å². The zero-order valence-electron chi connectivity index (χ0n) is 21.1. The van der Waals surface area contributed by atoms with Crippen molar-refractivity contribution in [3.63, 3.8) is 0 Å². The number of nitrogens with one attached hydrogen (secondary N) is 4. The lowest BCUT2D eigenvalue weighted by Gasteiger charge is -2.08. The standard InChI is InChI=1S/C14H15F3N2O.C12H11F3N2OS/c1-8(2)10-5-3-9(4-6-10)7-11-12(14(15,16)17)18-19-13(11)20;1-19-8-4-2-7(3-5-8)6-9-10(12(13,14)15)16-17-11(9)18/h3-6,8H,7H2,1-2H3,(H2,18,19,20);2-5H,6H2,1H3,(H2,16,17,18). The number of benzene rings is 2. The Morgan fingerprint density at radius 2 is 1.05 bits per heavy atom. The number of aromatic amines is 4. The van der Waals surface area contributed by atoms with Crippen LogP contribution in [-0.4, -0.2) is 26.7 Å². The second-order valence-corrected chi connectivity index (χ2v) is 9.84. The largest absolute Gasteiger partial charge is 0.433 e. The normalized spacial score (nSPS) is 11.9. The number of thioether (sulfide) groups is 1. The molecule has 0 unspecified atom stereocenters. The molecule has 2 aromatic heterocycles. The van der Waals surface area contributed by atoms with Gasteiger partial charge in [0.05, 0.1) is 11.1 Å². The van der Waals surface area contributed by atoms with Crippen molar-refractivity contribution >= 4 is 11.8 Å². The van der Waals surface area contributed by atoms with Crippen LogP contribution in [0.2, 0.25) is 0 Å². The van der Waals surface area contributed by atoms with E-state index in [4.69, 9.17) is 0 Å². The summed E-state index contributed by atoms with van der Waals surface area (Å²) < 4.78 is 76.3. The Kier molecular flexibility index (Phi) is 9.26. The van der Waals surface area contributed by atoms with Gasteiger partial charge >= 0.3 is 12.4 Å². The average molecular weight is 573 g/mol. The van der Waals surface area contributed by atoms with Gasteiger partial charge in [0.2, 0.25) is 0 Å². The van der Waals surface area contributed by atoms with Crippen molar-refractivity contribution in [1.82, 2.24) is 20.4 Å². The molecule has 0 saturated heterocycles. The Labute approximate surface area is 223 Å². The van der Waals surface area contributed by atoms with Gasteiger partial charge in [0, 0.05) is 17.7 Å². The van der Waals surface area contributed by atoms with Gasteiger partial charge < -0.3 is 0 Å². The third-order valence-electron chi connectivity index (χ3n) is 5.89. The SMILES string of the molecule is CC(C)c1ccc(Cc2c(C(F)(F)F)[nH][nH]c2=O)cc1.CSc1ccc(Cc2c(C(F)(F)F)[nH][nH]c2=O)cc1. The first-order valence-corrected chi connectivity index (χ1v) is 12.9. The molecule has 0 saturated carbocycles. The highest BCUT2D eigenvalue weighted by Crippen LogP contribution is 2.31. The van der Waals surface area contributed by atoms with Crippen LogP contribution in [-0.2, 0) is 25.2 Å². The zero-order valence-corrected chi connectivity index (χ0v) is 21.9. The van der Waals surface area contributed by atoms with Gasteiger partial charge in [-0.15, -0.1) is 11.8 Å². The van der Waals surface area contributed by atoms with Crippen LogP contribution in [0.5, 0.6) is 0 Å². The third-order valence-corrected chi connectivity index (χ3v) is 6.63. The molecule has 0 aliphatic carbocycles. The second-order valence-electron chi connectivity index (χ2n) is 8.96. The lowest BCUT2D eigenvalue weighted by Crippen LogP contribution is -2.13. The molecule has 0 spiro atoms. The quantitative estimate of drug-likeness (QED) is 0.158. The predicted molar refractivity (Wildman–Crippen MR) is 137 cm³/mol. The number of halogens is 6. The minimum Gasteiger partial charge on any atom is -0.293 e. The molecule has 210 valence electrons. The highest BCUT2D eigenvalue weighted by atomic mass is 32.2. The van der Waals surface area contributed by atoms with E-state index in [9.17, 15) is 35.9 Å². The number of hydrogen-bond donors (Lipinski definition) is 4. The zero-order chi connectivity index (χ0) is 29.0. The fourth-order valence-electron chi connectivity index (χ4n) is 3.76. The molecule has 0 aliphatic heterocycles. The fourth-order valence-corrected chi connectivity index (χ4v) is 4.17. The van der Waals surface area contributed by atoms with Crippen molar-refractivity contribution in [2.24, 2.45) is 0 Å². The first-order valence-electron chi connectivity index (χ1n) is 11.7. The summed E-state index contributed by atoms with van der Waals surface area (Å²) in [7, 11) is 0. The van der Waals surface area contributed by atoms with Gasteiger partial charge in [0.15, 0.2) is 0 Å². The number of rotatable bonds is 6. The second kappa shape index (κ2) is 12.1. The third kappa shape index (κ3) is 7.71. The molecule has 4 N–H and O–H groups in total. The lowest BCUT2D eigenvalue weighted by atomic mass is 9.99. The molecule has 2 aromatic carbocycles. The smallest absolute Gasteiger partial charge is 0.293 e. The number of hydrogen-bond acceptors (Lipinski definition) is 3. The van der Waals surface area contributed by atoms with Gasteiger partial charge in [-0.2, -0.15) is 26.3 Å². The van der Waals surface area contributed by atoms with Gasteiger partial charge in [0.1, 0.15) is 11.4 Å². The molecule has 0 atom stereocenters. The van der Waals surface area contributed by atoms with Crippen molar-refractivity contribution in [3.05, 3.63) is 108 Å². The molecule has 0 fully saturated rings. The Morgan fingerprint density at radius 1 is 0.667 bits per heavy atom. The topological polar surface area (TPSA) is 97.3 Å². The summed E-state index contributed by atoms with van der Waals surface area (Å²) in [5, 5.41) is 7.77. The minimum absolute atomic E-state index is 0.0496. The molecule has 4 rings (SSSR count). The van der Waals surface area contributed by atoms with Crippen LogP contribution in [0.3, 0.4) is 0 Å². The van der Waals surface area contributed by atoms with Gasteiger partial charge in [0.25, 0.3) is 11.1 Å². The summed E-state index contributed by atoms with van der Waals surface area (Å²) in [5.74, 6) is 0.352. The molecular formula is C26H26F6N4O2S. The Morgan fingerprint density at radius 3 is 1.38 bits per heavy atom. The fraction of sp³-hybridized carbons (Fsp3) is 0.308. The summed E-state index contributed by atoms with van der Waals surface area (Å²) >= 11 is 1.54. The molecule has 13 heteroatoms. The van der Waals surface area contributed by atoms with E-state index in [-0.39, 0.29) is 24.0 Å². The van der Waals surface area contributed by atoms with Crippen molar-refractivity contribution in [1.29, 1.82) is 0 Å². The van der Waals surface area contributed by atoms with Crippen molar-refractivity contribution in [2.45, 2.75) is 49.9 Å². The minimum atomic E-state index is -4.56. The van der Waals surface area contributed by atoms with Crippen LogP contribution >= 0.6 is 11.8 Å². The van der Waals surface area contributed by atoms with Gasteiger partial charge in [-0.1, -0.05) is 50.2 Å². The van der Waals surface area contributed by atoms with E-state index < -0.39 is 34.9 Å². The van der Waals surface area contributed by atoms with E-state index in [1.54, 1.807) is 36.0 Å². The summed E-state index contributed by atoms with van der Waals surface area (Å²) in [5.41, 5.74) is -1.61. The molecule has 0 radical (unpaired) electrons. The van der Waals surface area contributed by atoms with Gasteiger partial charge in [-0.05, 0) is 41.0 Å². The molecule has 0 aliphatic rings. The molecule has 0 amide bonds. The van der Waals surface area contributed by atoms with E-state index >= 15 is 0 Å². The Bertz CT molecular complexity index is 1480. The highest BCUT2D eigenvalue weighted by molar-refractivity contribution is 7.98. The van der Waals surface area contributed by atoms with Gasteiger partial charge in [-0.25, -0.2) is 0 Å². The van der Waals surface area contributed by atoms with Crippen molar-refractivity contribution < 1.29 is 26.3 Å². The average Bonchev–Trinajstić information content (AvgIpc) is 3.42. The Hall–Kier alpha value is -3.61. The van der Waals surface area contributed by atoms with Crippen LogP contribution in [0.15, 0.2) is 63.0 Å². The first-order chi connectivity index (χ1) is 18.2. The van der Waals surface area contributed by atoms with Gasteiger partial charge in [-0.3, -0.25) is 30.0 Å². The first kappa shape index (κ1) is 29.9. The molecule has 6 nitrogen and oxygen atoms in total. The number of alkyl halides is 6. The summed E-state index contributed by atoms with van der Waals surface area (Å²) in [6, 6.07) is 14.3. The van der Waals surface area contributed by atoms with E-state index in [1.165, 1.54) is 0 Å². The number of H-pyrrole nitrogens is 4. The predicted octanol–water partition coefficient (Wildman–Crippen LogP) is 6.47. The van der Waals surface area contributed by atoms with Crippen LogP contribution in [0.25, 0.3) is 0 Å². The number of aromatic nitrogens is 4. The molecule has 0 bridgehead atoms. The highest BCUT2D eigenvalue weighted by Gasteiger charge is 2.37. The van der Waals surface area contributed by atoms with E-state index in [0.717, 1.165) is 10.5 Å². The summed E-state index contributed by atoms with van der Waals surface area (Å²) in [6.07, 6.45) is -7.32. The maximum Gasteiger partial charge on any atom is 0.433 e.